The third-order valence-corrected chi connectivity index (χ3v) is 4.08. The third-order valence-electron chi connectivity index (χ3n) is 4.08. The number of ether oxygens (including phenoxy) is 3. The second-order valence-corrected chi connectivity index (χ2v) is 6.05. The van der Waals surface area contributed by atoms with E-state index in [0.29, 0.717) is 34.6 Å². The highest BCUT2D eigenvalue weighted by molar-refractivity contribution is 5.91. The number of hydrogen-bond acceptors (Lipinski definition) is 7. The summed E-state index contributed by atoms with van der Waals surface area (Å²) in [4.78, 5) is 12.1. The molecule has 0 aliphatic rings. The van der Waals surface area contributed by atoms with Crippen LogP contribution in [0.3, 0.4) is 0 Å². The molecule has 1 amide bonds. The lowest BCUT2D eigenvalue weighted by Crippen LogP contribution is -2.15. The third kappa shape index (κ3) is 5.13. The first kappa shape index (κ1) is 19.9. The maximum absolute atomic E-state index is 12.1. The summed E-state index contributed by atoms with van der Waals surface area (Å²) in [6.07, 6.45) is 0.272. The second-order valence-electron chi connectivity index (χ2n) is 6.05. The van der Waals surface area contributed by atoms with Crippen LogP contribution in [0, 0.1) is 0 Å². The van der Waals surface area contributed by atoms with Gasteiger partial charge in [0.25, 0.3) is 0 Å². The minimum Gasteiger partial charge on any atom is -0.493 e. The molecule has 3 aromatic rings. The highest BCUT2D eigenvalue weighted by atomic mass is 16.5. The first-order valence-electron chi connectivity index (χ1n) is 8.87. The molecule has 2 aromatic carbocycles. The molecular weight excluding hydrogens is 372 g/mol. The Morgan fingerprint density at radius 3 is 2.03 bits per heavy atom. The van der Waals surface area contributed by atoms with Crippen molar-refractivity contribution < 1.29 is 19.0 Å². The van der Waals surface area contributed by atoms with Crippen molar-refractivity contribution in [3.05, 3.63) is 60.2 Å². The van der Waals surface area contributed by atoms with E-state index in [1.807, 2.05) is 30.3 Å². The zero-order valence-electron chi connectivity index (χ0n) is 16.4. The van der Waals surface area contributed by atoms with E-state index in [4.69, 9.17) is 14.2 Å². The van der Waals surface area contributed by atoms with E-state index >= 15 is 0 Å². The fourth-order valence-corrected chi connectivity index (χ4v) is 2.74. The number of benzene rings is 2. The molecule has 1 heterocycles. The summed E-state index contributed by atoms with van der Waals surface area (Å²) in [5.74, 6) is 2.26. The molecule has 3 rings (SSSR count). The van der Waals surface area contributed by atoms with Crippen LogP contribution >= 0.6 is 0 Å². The van der Waals surface area contributed by atoms with Crippen LogP contribution in [0.2, 0.25) is 0 Å². The van der Waals surface area contributed by atoms with Crippen molar-refractivity contribution in [2.45, 2.75) is 6.42 Å². The molecule has 1 aromatic heterocycles. The minimum atomic E-state index is -0.157. The number of nitrogens with zero attached hydrogens (tertiary/aromatic N) is 2. The van der Waals surface area contributed by atoms with Gasteiger partial charge in [0.15, 0.2) is 23.1 Å². The summed E-state index contributed by atoms with van der Waals surface area (Å²) in [6, 6.07) is 16.4. The quantitative estimate of drug-likeness (QED) is 0.604. The zero-order chi connectivity index (χ0) is 20.6. The highest BCUT2D eigenvalue weighted by Gasteiger charge is 2.13. The predicted octanol–water partition coefficient (Wildman–Crippen LogP) is 3.43. The normalized spacial score (nSPS) is 10.2. The van der Waals surface area contributed by atoms with E-state index < -0.39 is 0 Å². The van der Waals surface area contributed by atoms with Crippen LogP contribution in [0.25, 0.3) is 0 Å². The maximum Gasteiger partial charge on any atom is 0.229 e. The van der Waals surface area contributed by atoms with Crippen molar-refractivity contribution in [2.24, 2.45) is 0 Å². The average Bonchev–Trinajstić information content (AvgIpc) is 2.75. The Bertz CT molecular complexity index is 937. The molecule has 2 N–H and O–H groups in total. The van der Waals surface area contributed by atoms with Gasteiger partial charge in [-0.1, -0.05) is 30.3 Å². The minimum absolute atomic E-state index is 0.157. The lowest BCUT2D eigenvalue weighted by molar-refractivity contribution is -0.115. The number of hydrogen-bond donors (Lipinski definition) is 2. The molecule has 0 radical (unpaired) electrons. The Morgan fingerprint density at radius 1 is 0.862 bits per heavy atom. The summed E-state index contributed by atoms with van der Waals surface area (Å²) in [5, 5.41) is 14.0. The zero-order valence-corrected chi connectivity index (χ0v) is 16.4. The Morgan fingerprint density at radius 2 is 1.48 bits per heavy atom. The van der Waals surface area contributed by atoms with Crippen LogP contribution < -0.4 is 24.8 Å². The predicted molar refractivity (Wildman–Crippen MR) is 110 cm³/mol. The maximum atomic E-state index is 12.1. The molecule has 0 aliphatic heterocycles. The number of anilines is 3. The standard InChI is InChI=1S/C21H22N4O4/c1-27-16-12-15(13-17(28-2)21(16)29-3)22-18-9-10-19(25-24-18)23-20(26)11-14-7-5-4-6-8-14/h4-10,12-13H,11H2,1-3H3,(H,22,24)(H,23,25,26). The van der Waals surface area contributed by atoms with Crippen LogP contribution in [0.15, 0.2) is 54.6 Å². The molecule has 0 atom stereocenters. The van der Waals surface area contributed by atoms with Gasteiger partial charge < -0.3 is 24.8 Å². The fraction of sp³-hybridized carbons (Fsp3) is 0.190. The molecule has 150 valence electrons. The number of carbonyl (C=O) groups is 1. The van der Waals surface area contributed by atoms with Crippen LogP contribution in [0.1, 0.15) is 5.56 Å². The monoisotopic (exact) mass is 394 g/mol. The Labute approximate surface area is 168 Å². The van der Waals surface area contributed by atoms with Gasteiger partial charge >= 0.3 is 0 Å². The average molecular weight is 394 g/mol. The van der Waals surface area contributed by atoms with Gasteiger partial charge in [-0.15, -0.1) is 10.2 Å². The SMILES string of the molecule is COc1cc(Nc2ccc(NC(=O)Cc3ccccc3)nn2)cc(OC)c1OC. The van der Waals surface area contributed by atoms with Gasteiger partial charge in [-0.3, -0.25) is 4.79 Å². The lowest BCUT2D eigenvalue weighted by Gasteiger charge is -2.14. The lowest BCUT2D eigenvalue weighted by atomic mass is 10.1. The molecule has 0 bridgehead atoms. The number of methoxy groups -OCH3 is 3. The van der Waals surface area contributed by atoms with Crippen LogP contribution in [-0.4, -0.2) is 37.4 Å². The van der Waals surface area contributed by atoms with E-state index in [0.717, 1.165) is 5.56 Å². The number of carbonyl (C=O) groups excluding carboxylic acids is 1. The summed E-state index contributed by atoms with van der Waals surface area (Å²) < 4.78 is 16.0. The molecule has 8 nitrogen and oxygen atoms in total. The topological polar surface area (TPSA) is 94.6 Å². The first-order chi connectivity index (χ1) is 14.1. The van der Waals surface area contributed by atoms with Crippen LogP contribution in [0.4, 0.5) is 17.3 Å². The fourth-order valence-electron chi connectivity index (χ4n) is 2.74. The van der Waals surface area contributed by atoms with Gasteiger partial charge in [0.2, 0.25) is 11.7 Å². The number of rotatable bonds is 8. The summed E-state index contributed by atoms with van der Waals surface area (Å²) >= 11 is 0. The van der Waals surface area contributed by atoms with Crippen LogP contribution in [0.5, 0.6) is 17.2 Å². The molecule has 0 spiro atoms. The van der Waals surface area contributed by atoms with Crippen molar-refractivity contribution >= 4 is 23.2 Å². The molecule has 0 fully saturated rings. The Kier molecular flexibility index (Phi) is 6.47. The highest BCUT2D eigenvalue weighted by Crippen LogP contribution is 2.40. The van der Waals surface area contributed by atoms with E-state index in [1.165, 1.54) is 0 Å². The largest absolute Gasteiger partial charge is 0.493 e. The van der Waals surface area contributed by atoms with Crippen molar-refractivity contribution in [1.29, 1.82) is 0 Å². The number of aromatic nitrogens is 2. The number of amides is 1. The van der Waals surface area contributed by atoms with Crippen molar-refractivity contribution in [3.63, 3.8) is 0 Å². The Hall–Kier alpha value is -3.81. The molecule has 8 heteroatoms. The molecule has 0 aliphatic carbocycles. The van der Waals surface area contributed by atoms with E-state index in [1.54, 1.807) is 45.6 Å². The van der Waals surface area contributed by atoms with Gasteiger partial charge in [0, 0.05) is 17.8 Å². The van der Waals surface area contributed by atoms with Gasteiger partial charge in [0.1, 0.15) is 0 Å². The van der Waals surface area contributed by atoms with Gasteiger partial charge in [0.05, 0.1) is 27.8 Å². The van der Waals surface area contributed by atoms with Crippen molar-refractivity contribution in [1.82, 2.24) is 10.2 Å². The van der Waals surface area contributed by atoms with E-state index in [2.05, 4.69) is 20.8 Å². The van der Waals surface area contributed by atoms with Crippen molar-refractivity contribution in [2.75, 3.05) is 32.0 Å². The number of nitrogens with one attached hydrogen (secondary N) is 2. The molecule has 0 saturated heterocycles. The van der Waals surface area contributed by atoms with Gasteiger partial charge in [-0.2, -0.15) is 0 Å². The molecule has 0 unspecified atom stereocenters. The van der Waals surface area contributed by atoms with Crippen molar-refractivity contribution in [3.8, 4) is 17.2 Å². The Balaban J connectivity index is 1.67. The first-order valence-corrected chi connectivity index (χ1v) is 8.87. The van der Waals surface area contributed by atoms with Gasteiger partial charge in [-0.05, 0) is 17.7 Å². The summed E-state index contributed by atoms with van der Waals surface area (Å²) in [5.41, 5.74) is 1.62. The second kappa shape index (κ2) is 9.41. The molecule has 0 saturated carbocycles. The van der Waals surface area contributed by atoms with E-state index in [9.17, 15) is 4.79 Å². The van der Waals surface area contributed by atoms with E-state index in [-0.39, 0.29) is 12.3 Å². The summed E-state index contributed by atoms with van der Waals surface area (Å²) in [7, 11) is 4.64. The molecule has 29 heavy (non-hydrogen) atoms. The summed E-state index contributed by atoms with van der Waals surface area (Å²) in [6.45, 7) is 0. The van der Waals surface area contributed by atoms with Crippen LogP contribution in [-0.2, 0) is 11.2 Å². The molecular formula is C21H22N4O4. The smallest absolute Gasteiger partial charge is 0.229 e. The van der Waals surface area contributed by atoms with Gasteiger partial charge in [-0.25, -0.2) is 0 Å².